The highest BCUT2D eigenvalue weighted by atomic mass is 14.7. The molecule has 0 heterocycles. The highest BCUT2D eigenvalue weighted by molar-refractivity contribution is 6.00. The van der Waals surface area contributed by atoms with E-state index in [1.165, 1.54) is 53.5 Å². The van der Waals surface area contributed by atoms with Gasteiger partial charge in [0, 0.05) is 5.71 Å². The first kappa shape index (κ1) is 21.0. The number of nitrogens with zero attached hydrogens (tertiary/aromatic N) is 1. The minimum Gasteiger partial charge on any atom is -0.253 e. The summed E-state index contributed by atoms with van der Waals surface area (Å²) in [7, 11) is 0. The second-order valence-corrected chi connectivity index (χ2v) is 7.87. The maximum absolute atomic E-state index is 4.82. The molecule has 0 N–H and O–H groups in total. The Bertz CT molecular complexity index is 892. The lowest BCUT2D eigenvalue weighted by atomic mass is 9.98. The lowest BCUT2D eigenvalue weighted by Gasteiger charge is -2.09. The van der Waals surface area contributed by atoms with Crippen LogP contribution in [0.5, 0.6) is 0 Å². The molecule has 1 heteroatoms. The van der Waals surface area contributed by atoms with E-state index in [2.05, 4.69) is 87.2 Å². The number of hydrogen-bond acceptors (Lipinski definition) is 1. The summed E-state index contributed by atoms with van der Waals surface area (Å²) in [6, 6.07) is 17.2. The highest BCUT2D eigenvalue weighted by Crippen LogP contribution is 2.24. The van der Waals surface area contributed by atoms with Gasteiger partial charge in [-0.1, -0.05) is 87.4 Å². The number of benzene rings is 2. The first-order valence-corrected chi connectivity index (χ1v) is 11.0. The fourth-order valence-electron chi connectivity index (χ4n) is 3.67. The first-order chi connectivity index (χ1) is 14.2. The van der Waals surface area contributed by atoms with Crippen molar-refractivity contribution in [2.24, 2.45) is 4.99 Å². The summed E-state index contributed by atoms with van der Waals surface area (Å²) in [5.74, 6) is 0. The Morgan fingerprint density at radius 3 is 2.28 bits per heavy atom. The maximum Gasteiger partial charge on any atom is 0.0633 e. The second-order valence-electron chi connectivity index (χ2n) is 7.87. The van der Waals surface area contributed by atoms with E-state index in [0.29, 0.717) is 0 Å². The third-order valence-electron chi connectivity index (χ3n) is 5.54. The minimum atomic E-state index is 0.993. The van der Waals surface area contributed by atoms with Crippen LogP contribution in [0.1, 0.15) is 75.5 Å². The van der Waals surface area contributed by atoms with Crippen molar-refractivity contribution in [3.63, 3.8) is 0 Å². The third-order valence-corrected chi connectivity index (χ3v) is 5.54. The van der Waals surface area contributed by atoms with Gasteiger partial charge in [0.1, 0.15) is 0 Å². The molecule has 2 aromatic rings. The zero-order valence-electron chi connectivity index (χ0n) is 18.0. The summed E-state index contributed by atoms with van der Waals surface area (Å²) < 4.78 is 0. The molecule has 0 saturated heterocycles. The van der Waals surface area contributed by atoms with Gasteiger partial charge in [-0.25, -0.2) is 0 Å². The molecule has 0 aliphatic heterocycles. The second kappa shape index (κ2) is 10.8. The van der Waals surface area contributed by atoms with Gasteiger partial charge in [-0.2, -0.15) is 0 Å². The molecular weight excluding hydrogens is 350 g/mol. The Hall–Kier alpha value is -2.67. The van der Waals surface area contributed by atoms with Crippen LogP contribution in [0.2, 0.25) is 0 Å². The van der Waals surface area contributed by atoms with E-state index in [4.69, 9.17) is 4.99 Å². The minimum absolute atomic E-state index is 0.993. The quantitative estimate of drug-likeness (QED) is 0.304. The molecule has 0 atom stereocenters. The maximum atomic E-state index is 4.82. The van der Waals surface area contributed by atoms with Gasteiger partial charge in [0.2, 0.25) is 0 Å². The van der Waals surface area contributed by atoms with Crippen molar-refractivity contribution in [1.82, 2.24) is 0 Å². The molecule has 2 aromatic carbocycles. The SMILES string of the molecule is C=C(CCCCCC)c1ccc(N=C(C)c2ccc(C3=CCCC=C3)cc2)cc1. The van der Waals surface area contributed by atoms with Crippen LogP contribution in [0.25, 0.3) is 11.1 Å². The smallest absolute Gasteiger partial charge is 0.0633 e. The van der Waals surface area contributed by atoms with Crippen molar-refractivity contribution in [2.45, 2.75) is 58.8 Å². The highest BCUT2D eigenvalue weighted by Gasteiger charge is 2.04. The van der Waals surface area contributed by atoms with Gasteiger partial charge < -0.3 is 0 Å². The van der Waals surface area contributed by atoms with E-state index in [-0.39, 0.29) is 0 Å². The molecule has 1 nitrogen and oxygen atoms in total. The van der Waals surface area contributed by atoms with E-state index >= 15 is 0 Å². The zero-order chi connectivity index (χ0) is 20.5. The largest absolute Gasteiger partial charge is 0.253 e. The number of aliphatic imine (C=N–C) groups is 1. The van der Waals surface area contributed by atoms with E-state index in [1.807, 2.05) is 0 Å². The van der Waals surface area contributed by atoms with Gasteiger partial charge in [-0.15, -0.1) is 0 Å². The molecule has 150 valence electrons. The molecule has 0 radical (unpaired) electrons. The Morgan fingerprint density at radius 2 is 1.62 bits per heavy atom. The van der Waals surface area contributed by atoms with Crippen LogP contribution in [0.4, 0.5) is 5.69 Å². The van der Waals surface area contributed by atoms with Crippen LogP contribution in [-0.4, -0.2) is 5.71 Å². The van der Waals surface area contributed by atoms with Crippen LogP contribution in [0, 0.1) is 0 Å². The van der Waals surface area contributed by atoms with Crippen LogP contribution in [0.3, 0.4) is 0 Å². The van der Waals surface area contributed by atoms with Gasteiger partial charge in [-0.05, 0) is 72.6 Å². The molecule has 0 saturated carbocycles. The summed E-state index contributed by atoms with van der Waals surface area (Å²) >= 11 is 0. The van der Waals surface area contributed by atoms with Gasteiger partial charge in [0.25, 0.3) is 0 Å². The van der Waals surface area contributed by atoms with Crippen LogP contribution < -0.4 is 0 Å². The molecule has 0 bridgehead atoms. The number of allylic oxidation sites excluding steroid dienone is 5. The molecule has 29 heavy (non-hydrogen) atoms. The summed E-state index contributed by atoms with van der Waals surface area (Å²) in [5.41, 5.74) is 8.26. The molecule has 0 aromatic heterocycles. The first-order valence-electron chi connectivity index (χ1n) is 11.0. The third kappa shape index (κ3) is 6.15. The lowest BCUT2D eigenvalue weighted by molar-refractivity contribution is 0.679. The van der Waals surface area contributed by atoms with Crippen molar-refractivity contribution >= 4 is 22.5 Å². The average Bonchev–Trinajstić information content (AvgIpc) is 2.78. The average molecular weight is 384 g/mol. The van der Waals surface area contributed by atoms with Crippen molar-refractivity contribution in [3.8, 4) is 0 Å². The Kier molecular flexibility index (Phi) is 7.81. The topological polar surface area (TPSA) is 12.4 Å². The Morgan fingerprint density at radius 1 is 0.897 bits per heavy atom. The van der Waals surface area contributed by atoms with Crippen LogP contribution >= 0.6 is 0 Å². The summed E-state index contributed by atoms with van der Waals surface area (Å²) in [4.78, 5) is 4.82. The Balaban J connectivity index is 1.62. The van der Waals surface area contributed by atoms with Gasteiger partial charge in [0.15, 0.2) is 0 Å². The zero-order valence-corrected chi connectivity index (χ0v) is 18.0. The molecule has 3 rings (SSSR count). The van der Waals surface area contributed by atoms with Crippen molar-refractivity contribution in [1.29, 1.82) is 0 Å². The number of unbranched alkanes of at least 4 members (excludes halogenated alkanes) is 3. The predicted octanol–water partition coefficient (Wildman–Crippen LogP) is 8.54. The van der Waals surface area contributed by atoms with Crippen LogP contribution in [-0.2, 0) is 0 Å². The van der Waals surface area contributed by atoms with E-state index in [1.54, 1.807) is 0 Å². The summed E-state index contributed by atoms with van der Waals surface area (Å²) in [6.45, 7) is 8.59. The standard InChI is InChI=1S/C28H33N/c1-4-5-6-8-11-22(2)24-18-20-28(21-19-24)29-23(3)25-14-16-27(17-15-25)26-12-9-7-10-13-26/h9,12-21H,2,4-8,10-11H2,1,3H3. The van der Waals surface area contributed by atoms with Gasteiger partial charge in [0.05, 0.1) is 5.69 Å². The van der Waals surface area contributed by atoms with E-state index < -0.39 is 0 Å². The molecule has 0 fully saturated rings. The van der Waals surface area contributed by atoms with Crippen LogP contribution in [0.15, 0.2) is 78.3 Å². The monoisotopic (exact) mass is 383 g/mol. The fourth-order valence-corrected chi connectivity index (χ4v) is 3.67. The molecule has 1 aliphatic carbocycles. The fraction of sp³-hybridized carbons (Fsp3) is 0.321. The predicted molar refractivity (Wildman–Crippen MR) is 129 cm³/mol. The molecule has 0 unspecified atom stereocenters. The Labute approximate surface area is 176 Å². The summed E-state index contributed by atoms with van der Waals surface area (Å²) in [5, 5.41) is 0. The molecular formula is C28H33N. The molecule has 0 spiro atoms. The summed E-state index contributed by atoms with van der Waals surface area (Å²) in [6.07, 6.45) is 15.3. The van der Waals surface area contributed by atoms with Crippen molar-refractivity contribution < 1.29 is 0 Å². The van der Waals surface area contributed by atoms with Gasteiger partial charge >= 0.3 is 0 Å². The van der Waals surface area contributed by atoms with E-state index in [0.717, 1.165) is 30.7 Å². The lowest BCUT2D eigenvalue weighted by Crippen LogP contribution is -1.95. The van der Waals surface area contributed by atoms with Gasteiger partial charge in [-0.3, -0.25) is 4.99 Å². The van der Waals surface area contributed by atoms with E-state index in [9.17, 15) is 0 Å². The number of rotatable bonds is 9. The number of hydrogen-bond donors (Lipinski definition) is 0. The molecule has 0 amide bonds. The van der Waals surface area contributed by atoms with Crippen molar-refractivity contribution in [2.75, 3.05) is 0 Å². The normalized spacial score (nSPS) is 14.0. The molecule has 1 aliphatic rings. The van der Waals surface area contributed by atoms with Crippen molar-refractivity contribution in [3.05, 3.63) is 90.0 Å².